The average Bonchev–Trinajstić information content (AvgIpc) is 2.67. The highest BCUT2D eigenvalue weighted by molar-refractivity contribution is 9.10. The first-order chi connectivity index (χ1) is 8.83. The highest BCUT2D eigenvalue weighted by Crippen LogP contribution is 2.21. The van der Waals surface area contributed by atoms with Gasteiger partial charge >= 0.3 is 5.97 Å². The van der Waals surface area contributed by atoms with Crippen LogP contribution in [0.2, 0.25) is 0 Å². The van der Waals surface area contributed by atoms with Crippen LogP contribution in [0, 0.1) is 0 Å². The van der Waals surface area contributed by atoms with Crippen molar-refractivity contribution in [3.05, 3.63) is 22.4 Å². The minimum Gasteiger partial charge on any atom is -0.481 e. The van der Waals surface area contributed by atoms with E-state index in [0.29, 0.717) is 18.5 Å². The lowest BCUT2D eigenvalue weighted by molar-refractivity contribution is -0.138. The normalized spacial score (nSPS) is 11.4. The molecule has 0 aliphatic heterocycles. The number of hydrogen-bond acceptors (Lipinski definition) is 2. The van der Waals surface area contributed by atoms with Gasteiger partial charge in [-0.1, -0.05) is 13.8 Å². The average molecular weight is 331 g/mol. The summed E-state index contributed by atoms with van der Waals surface area (Å²) in [5.74, 6) is -1.16. The van der Waals surface area contributed by atoms with Crippen LogP contribution in [0.15, 0.2) is 16.7 Å². The molecule has 0 spiro atoms. The van der Waals surface area contributed by atoms with Crippen molar-refractivity contribution in [1.29, 1.82) is 0 Å². The van der Waals surface area contributed by atoms with Crippen LogP contribution in [-0.2, 0) is 11.8 Å². The van der Waals surface area contributed by atoms with Gasteiger partial charge < -0.3 is 15.0 Å². The number of rotatable bonds is 6. The summed E-state index contributed by atoms with van der Waals surface area (Å²) in [5.41, 5.74) is -0.192. The molecule has 6 heteroatoms. The van der Waals surface area contributed by atoms with Crippen molar-refractivity contribution in [1.82, 2.24) is 9.88 Å². The molecule has 106 valence electrons. The molecule has 1 rings (SSSR count). The molecule has 0 saturated heterocycles. The number of carbonyl (C=O) groups excluding carboxylic acids is 1. The predicted molar refractivity (Wildman–Crippen MR) is 76.1 cm³/mol. The van der Waals surface area contributed by atoms with Gasteiger partial charge in [0.2, 0.25) is 0 Å². The Kier molecular flexibility index (Phi) is 5.17. The SMILES string of the molecule is CCC(CC)(CC(=O)O)NC(=O)c1cc(Br)cn1C. The van der Waals surface area contributed by atoms with Crippen molar-refractivity contribution < 1.29 is 14.7 Å². The molecule has 1 amide bonds. The zero-order chi connectivity index (χ0) is 14.6. The number of nitrogens with one attached hydrogen (secondary N) is 1. The lowest BCUT2D eigenvalue weighted by Crippen LogP contribution is -2.49. The van der Waals surface area contributed by atoms with Crippen LogP contribution in [-0.4, -0.2) is 27.1 Å². The number of carboxylic acid groups (broad SMARTS) is 1. The Balaban J connectivity index is 2.93. The number of aliphatic carboxylic acids is 1. The number of hydrogen-bond donors (Lipinski definition) is 2. The Morgan fingerprint density at radius 1 is 1.42 bits per heavy atom. The fourth-order valence-corrected chi connectivity index (χ4v) is 2.59. The summed E-state index contributed by atoms with van der Waals surface area (Å²) >= 11 is 3.31. The molecule has 1 aromatic heterocycles. The van der Waals surface area contributed by atoms with Gasteiger partial charge in [-0.3, -0.25) is 9.59 Å². The number of amides is 1. The van der Waals surface area contributed by atoms with Gasteiger partial charge in [-0.15, -0.1) is 0 Å². The van der Waals surface area contributed by atoms with Crippen LogP contribution in [0.3, 0.4) is 0 Å². The van der Waals surface area contributed by atoms with Crippen molar-refractivity contribution in [3.63, 3.8) is 0 Å². The van der Waals surface area contributed by atoms with E-state index < -0.39 is 11.5 Å². The van der Waals surface area contributed by atoms with E-state index >= 15 is 0 Å². The summed E-state index contributed by atoms with van der Waals surface area (Å²) in [5, 5.41) is 11.9. The Bertz CT molecular complexity index is 478. The first kappa shape index (κ1) is 15.8. The van der Waals surface area contributed by atoms with E-state index in [1.165, 1.54) is 0 Å². The van der Waals surface area contributed by atoms with Crippen LogP contribution in [0.4, 0.5) is 0 Å². The van der Waals surface area contributed by atoms with Gasteiger partial charge in [-0.25, -0.2) is 0 Å². The molecule has 0 fully saturated rings. The molecule has 0 radical (unpaired) electrons. The predicted octanol–water partition coefficient (Wildman–Crippen LogP) is 2.55. The van der Waals surface area contributed by atoms with Crippen molar-refractivity contribution in [3.8, 4) is 0 Å². The number of nitrogens with zero attached hydrogens (tertiary/aromatic N) is 1. The van der Waals surface area contributed by atoms with Crippen LogP contribution in [0.25, 0.3) is 0 Å². The summed E-state index contributed by atoms with van der Waals surface area (Å²) < 4.78 is 2.52. The van der Waals surface area contributed by atoms with E-state index in [0.717, 1.165) is 4.47 Å². The summed E-state index contributed by atoms with van der Waals surface area (Å²) in [6, 6.07) is 1.71. The van der Waals surface area contributed by atoms with Gasteiger partial charge in [-0.2, -0.15) is 0 Å². The molecule has 2 N–H and O–H groups in total. The monoisotopic (exact) mass is 330 g/mol. The number of carbonyl (C=O) groups is 2. The van der Waals surface area contributed by atoms with Crippen molar-refractivity contribution in [2.24, 2.45) is 7.05 Å². The van der Waals surface area contributed by atoms with Gasteiger partial charge in [0.15, 0.2) is 0 Å². The lowest BCUT2D eigenvalue weighted by atomic mass is 9.89. The number of aryl methyl sites for hydroxylation is 1. The second-order valence-corrected chi connectivity index (χ2v) is 5.58. The molecule has 0 atom stereocenters. The Morgan fingerprint density at radius 3 is 2.37 bits per heavy atom. The highest BCUT2D eigenvalue weighted by Gasteiger charge is 2.31. The molecule has 0 saturated carbocycles. The fourth-order valence-electron chi connectivity index (χ4n) is 2.07. The van der Waals surface area contributed by atoms with Crippen LogP contribution < -0.4 is 5.32 Å². The van der Waals surface area contributed by atoms with Gasteiger partial charge in [0.05, 0.1) is 12.0 Å². The summed E-state index contributed by atoms with van der Waals surface area (Å²) in [6.07, 6.45) is 2.86. The number of halogens is 1. The third-order valence-electron chi connectivity index (χ3n) is 3.43. The third-order valence-corrected chi connectivity index (χ3v) is 3.86. The highest BCUT2D eigenvalue weighted by atomic mass is 79.9. The van der Waals surface area contributed by atoms with Gasteiger partial charge in [-0.05, 0) is 34.8 Å². The van der Waals surface area contributed by atoms with Crippen molar-refractivity contribution in [2.45, 2.75) is 38.6 Å². The molecule has 0 unspecified atom stereocenters. The largest absolute Gasteiger partial charge is 0.481 e. The van der Waals surface area contributed by atoms with Crippen LogP contribution in [0.5, 0.6) is 0 Å². The maximum atomic E-state index is 12.2. The minimum atomic E-state index is -0.905. The van der Waals surface area contributed by atoms with Crippen LogP contribution >= 0.6 is 15.9 Å². The fraction of sp³-hybridized carbons (Fsp3) is 0.538. The first-order valence-corrected chi connectivity index (χ1v) is 6.99. The minimum absolute atomic E-state index is 0.0721. The molecule has 1 aromatic rings. The maximum absolute atomic E-state index is 12.2. The topological polar surface area (TPSA) is 71.3 Å². The van der Waals surface area contributed by atoms with Crippen molar-refractivity contribution in [2.75, 3.05) is 0 Å². The molecule has 1 heterocycles. The van der Waals surface area contributed by atoms with E-state index in [1.807, 2.05) is 13.8 Å². The Hall–Kier alpha value is -1.30. The Labute approximate surface area is 121 Å². The summed E-state index contributed by atoms with van der Waals surface area (Å²) in [6.45, 7) is 3.77. The Morgan fingerprint density at radius 2 is 2.00 bits per heavy atom. The zero-order valence-electron chi connectivity index (χ0n) is 11.4. The second kappa shape index (κ2) is 6.23. The lowest BCUT2D eigenvalue weighted by Gasteiger charge is -2.31. The van der Waals surface area contributed by atoms with E-state index in [1.54, 1.807) is 23.9 Å². The van der Waals surface area contributed by atoms with E-state index in [2.05, 4.69) is 21.2 Å². The van der Waals surface area contributed by atoms with Gasteiger partial charge in [0.25, 0.3) is 5.91 Å². The summed E-state index contributed by atoms with van der Waals surface area (Å²) in [7, 11) is 1.77. The van der Waals surface area contributed by atoms with E-state index in [-0.39, 0.29) is 12.3 Å². The summed E-state index contributed by atoms with van der Waals surface area (Å²) in [4.78, 5) is 23.2. The van der Waals surface area contributed by atoms with Gasteiger partial charge in [0, 0.05) is 17.7 Å². The zero-order valence-corrected chi connectivity index (χ0v) is 13.0. The molecule has 0 aliphatic rings. The standard InChI is InChI=1S/C13H19BrN2O3/c1-4-13(5-2,7-11(17)18)15-12(19)10-6-9(14)8-16(10)3/h6,8H,4-5,7H2,1-3H3,(H,15,19)(H,17,18). The van der Waals surface area contributed by atoms with Crippen LogP contribution in [0.1, 0.15) is 43.6 Å². The smallest absolute Gasteiger partial charge is 0.305 e. The molecule has 0 aromatic carbocycles. The molecular weight excluding hydrogens is 312 g/mol. The number of carboxylic acids is 1. The molecule has 0 aliphatic carbocycles. The van der Waals surface area contributed by atoms with Gasteiger partial charge in [0.1, 0.15) is 5.69 Å². The molecule has 19 heavy (non-hydrogen) atoms. The maximum Gasteiger partial charge on any atom is 0.305 e. The van der Waals surface area contributed by atoms with E-state index in [4.69, 9.17) is 5.11 Å². The molecule has 5 nitrogen and oxygen atoms in total. The van der Waals surface area contributed by atoms with Crippen molar-refractivity contribution >= 4 is 27.8 Å². The first-order valence-electron chi connectivity index (χ1n) is 6.19. The third kappa shape index (κ3) is 3.83. The van der Waals surface area contributed by atoms with E-state index in [9.17, 15) is 9.59 Å². The molecule has 0 bridgehead atoms. The number of aromatic nitrogens is 1. The quantitative estimate of drug-likeness (QED) is 0.841. The second-order valence-electron chi connectivity index (χ2n) is 4.67. The molecular formula is C13H19BrN2O3.